The number of imidazole rings is 2. The van der Waals surface area contributed by atoms with Crippen molar-refractivity contribution in [3.05, 3.63) is 65.9 Å². The number of hydrogen-bond acceptors (Lipinski definition) is 10. The van der Waals surface area contributed by atoms with Gasteiger partial charge in [0.25, 0.3) is 0 Å². The maximum Gasteiger partial charge on any atom is 0.407 e. The summed E-state index contributed by atoms with van der Waals surface area (Å²) in [6.45, 7) is 7.51. The fourth-order valence-electron chi connectivity index (χ4n) is 11.6. The van der Waals surface area contributed by atoms with Crippen molar-refractivity contribution in [1.29, 1.82) is 0 Å². The predicted octanol–water partition coefficient (Wildman–Crippen LogP) is 8.08. The molecule has 2 aromatic heterocycles. The van der Waals surface area contributed by atoms with Crippen molar-refractivity contribution in [2.24, 2.45) is 17.8 Å². The minimum Gasteiger partial charge on any atom is -0.488 e. The zero-order chi connectivity index (χ0) is 45.8. The van der Waals surface area contributed by atoms with Crippen LogP contribution in [0.5, 0.6) is 5.75 Å². The number of rotatable bonds is 10. The van der Waals surface area contributed by atoms with Gasteiger partial charge in [-0.25, -0.2) is 19.6 Å². The highest BCUT2D eigenvalue weighted by atomic mass is 16.5. The lowest BCUT2D eigenvalue weighted by atomic mass is 9.90. The lowest BCUT2D eigenvalue weighted by Gasteiger charge is -2.36. The van der Waals surface area contributed by atoms with Crippen LogP contribution >= 0.6 is 0 Å². The number of likely N-dealkylation sites (tertiary alicyclic amines) is 2. The quantitative estimate of drug-likeness (QED) is 0.107. The first-order chi connectivity index (χ1) is 32.0. The van der Waals surface area contributed by atoms with Crippen molar-refractivity contribution in [1.82, 2.24) is 40.4 Å². The molecule has 66 heavy (non-hydrogen) atoms. The van der Waals surface area contributed by atoms with Gasteiger partial charge < -0.3 is 49.3 Å². The molecule has 0 bridgehead atoms. The number of hydrogen-bond donors (Lipinski definition) is 4. The summed E-state index contributed by atoms with van der Waals surface area (Å²) in [5.41, 5.74) is 6.66. The summed E-state index contributed by atoms with van der Waals surface area (Å²) in [6.07, 6.45) is 8.17. The number of aromatic amines is 2. The van der Waals surface area contributed by atoms with Crippen LogP contribution < -0.4 is 15.4 Å². The number of methoxy groups -OCH3 is 2. The van der Waals surface area contributed by atoms with Gasteiger partial charge in [-0.15, -0.1) is 0 Å². The molecule has 1 unspecified atom stereocenters. The molecular weight excluding hydrogens is 841 g/mol. The molecule has 1 saturated carbocycles. The van der Waals surface area contributed by atoms with Gasteiger partial charge in [-0.2, -0.15) is 0 Å². The summed E-state index contributed by atoms with van der Waals surface area (Å²) in [4.78, 5) is 74.8. The Balaban J connectivity index is 0.911. The van der Waals surface area contributed by atoms with E-state index in [2.05, 4.69) is 63.1 Å². The fraction of sp³-hybridized carbons (Fsp3) is 0.520. The SMILES string of the molecule is CC[C@H](C)[C@H](NC(=O)OC)C(=O)N1[C@@H](C)CC[C@H]1c1ncc(-c2ccc3c(c2)COc2cc4c(ccc5[nH]c([C@@H]6CC7CCC[C@@H]7N6C(=O)[C@@H](NC(=O)OC)C6CCOCC6)nc54)cc2-3)[nH]1. The second kappa shape index (κ2) is 17.9. The first kappa shape index (κ1) is 43.7. The third-order valence-electron chi connectivity index (χ3n) is 15.3. The van der Waals surface area contributed by atoms with Crippen molar-refractivity contribution >= 4 is 45.8 Å². The maximum absolute atomic E-state index is 14.7. The van der Waals surface area contributed by atoms with Gasteiger partial charge in [0.15, 0.2) is 0 Å². The zero-order valence-corrected chi connectivity index (χ0v) is 38.4. The van der Waals surface area contributed by atoms with E-state index in [0.717, 1.165) is 106 Å². The summed E-state index contributed by atoms with van der Waals surface area (Å²) in [6, 6.07) is 13.0. The minimum absolute atomic E-state index is 0.0168. The minimum atomic E-state index is -0.706. The van der Waals surface area contributed by atoms with Crippen LogP contribution in [0, 0.1) is 17.8 Å². The van der Waals surface area contributed by atoms with Crippen LogP contribution in [0.15, 0.2) is 48.7 Å². The van der Waals surface area contributed by atoms with Crippen molar-refractivity contribution in [2.75, 3.05) is 27.4 Å². The summed E-state index contributed by atoms with van der Waals surface area (Å²) in [5, 5.41) is 7.69. The molecular formula is C50H60N8O8. The smallest absolute Gasteiger partial charge is 0.407 e. The van der Waals surface area contributed by atoms with E-state index in [1.54, 1.807) is 0 Å². The number of nitrogens with one attached hydrogen (secondary N) is 4. The van der Waals surface area contributed by atoms with Crippen molar-refractivity contribution in [3.8, 4) is 28.1 Å². The van der Waals surface area contributed by atoms with Gasteiger partial charge in [-0.05, 0) is 116 Å². The molecule has 4 amide bonds. The van der Waals surface area contributed by atoms with Crippen LogP contribution in [0.2, 0.25) is 0 Å². The van der Waals surface area contributed by atoms with E-state index in [9.17, 15) is 19.2 Å². The number of carbonyl (C=O) groups excluding carboxylic acids is 4. The monoisotopic (exact) mass is 900 g/mol. The molecule has 0 radical (unpaired) electrons. The van der Waals surface area contributed by atoms with Crippen LogP contribution in [0.25, 0.3) is 44.2 Å². The summed E-state index contributed by atoms with van der Waals surface area (Å²) < 4.78 is 22.0. The highest BCUT2D eigenvalue weighted by Crippen LogP contribution is 2.49. The van der Waals surface area contributed by atoms with E-state index in [4.69, 9.17) is 28.9 Å². The molecule has 4 N–H and O–H groups in total. The second-order valence-electron chi connectivity index (χ2n) is 19.0. The first-order valence-corrected chi connectivity index (χ1v) is 23.7. The molecule has 4 aliphatic heterocycles. The van der Waals surface area contributed by atoms with Crippen molar-refractivity contribution in [2.45, 2.75) is 121 Å². The van der Waals surface area contributed by atoms with E-state index >= 15 is 0 Å². The van der Waals surface area contributed by atoms with E-state index in [1.165, 1.54) is 14.2 Å². The van der Waals surface area contributed by atoms with Crippen LogP contribution in [0.1, 0.15) is 108 Å². The zero-order valence-electron chi connectivity index (χ0n) is 38.4. The standard InChI is InChI=1S/C50H60N8O8/c1-6-26(2)42(55-49(61)63-4)47(59)57-27(3)10-15-39(57)45-51-24-37(53-45)30-11-13-33-32(20-30)25-66-41-23-34-29(21-35(33)41)12-14-36-44(34)54-46(52-36)40-22-31-8-7-9-38(31)58(40)48(60)43(56-50(62)64-5)28-16-18-65-19-17-28/h11-14,20-21,23-24,26-28,31,38-40,42-43H,6-10,15-19,22,25H2,1-5H3,(H,51,53)(H,52,54)(H,55,61)(H,56,62)/t26-,27-,31?,38-,39-,40-,42-,43-/m0/s1. The molecule has 1 aliphatic carbocycles. The number of H-pyrrole nitrogens is 2. The maximum atomic E-state index is 14.7. The van der Waals surface area contributed by atoms with E-state index in [1.807, 2.05) is 36.8 Å². The molecule has 4 fully saturated rings. The van der Waals surface area contributed by atoms with E-state index in [-0.39, 0.29) is 47.8 Å². The number of amides is 4. The Kier molecular flexibility index (Phi) is 11.9. The summed E-state index contributed by atoms with van der Waals surface area (Å²) >= 11 is 0. The Morgan fingerprint density at radius 3 is 2.45 bits per heavy atom. The Hall–Kier alpha value is -6.16. The Labute approximate surface area is 383 Å². The molecule has 3 aromatic carbocycles. The van der Waals surface area contributed by atoms with Gasteiger partial charge in [0.05, 0.1) is 49.2 Å². The number of aromatic nitrogens is 4. The summed E-state index contributed by atoms with van der Waals surface area (Å²) in [7, 11) is 2.64. The van der Waals surface area contributed by atoms with Crippen LogP contribution in [0.4, 0.5) is 9.59 Å². The Bertz CT molecular complexity index is 2670. The third kappa shape index (κ3) is 7.79. The molecule has 348 valence electrons. The largest absolute Gasteiger partial charge is 0.488 e. The molecule has 5 aliphatic rings. The van der Waals surface area contributed by atoms with Gasteiger partial charge in [0, 0.05) is 36.2 Å². The normalized spacial score (nSPS) is 24.0. The molecule has 8 atom stereocenters. The molecule has 10 rings (SSSR count). The highest BCUT2D eigenvalue weighted by molar-refractivity contribution is 6.07. The van der Waals surface area contributed by atoms with Gasteiger partial charge in [0.2, 0.25) is 11.8 Å². The number of alkyl carbamates (subject to hydrolysis) is 2. The molecule has 6 heterocycles. The lowest BCUT2D eigenvalue weighted by molar-refractivity contribution is -0.139. The van der Waals surface area contributed by atoms with Crippen molar-refractivity contribution < 1.29 is 38.1 Å². The van der Waals surface area contributed by atoms with Crippen LogP contribution in [0.3, 0.4) is 0 Å². The van der Waals surface area contributed by atoms with Crippen LogP contribution in [-0.4, -0.2) is 105 Å². The number of carbonyl (C=O) groups is 4. The average Bonchev–Trinajstić information content (AvgIpc) is 4.20. The van der Waals surface area contributed by atoms with Gasteiger partial charge >= 0.3 is 12.2 Å². The fourth-order valence-corrected chi connectivity index (χ4v) is 11.6. The number of benzene rings is 3. The molecule has 0 spiro atoms. The molecule has 5 aromatic rings. The average molecular weight is 901 g/mol. The molecule has 16 nitrogen and oxygen atoms in total. The first-order valence-electron chi connectivity index (χ1n) is 23.7. The van der Waals surface area contributed by atoms with Gasteiger partial charge in [-0.1, -0.05) is 44.9 Å². The van der Waals surface area contributed by atoms with E-state index < -0.39 is 24.3 Å². The number of ether oxygens (including phenoxy) is 4. The number of fused-ring (bicyclic) bond motifs is 7. The Morgan fingerprint density at radius 2 is 1.67 bits per heavy atom. The number of nitrogens with zero attached hydrogens (tertiary/aromatic N) is 4. The van der Waals surface area contributed by atoms with Crippen molar-refractivity contribution in [3.63, 3.8) is 0 Å². The predicted molar refractivity (Wildman–Crippen MR) is 246 cm³/mol. The molecule has 16 heteroatoms. The van der Waals surface area contributed by atoms with Gasteiger partial charge in [-0.3, -0.25) is 9.59 Å². The van der Waals surface area contributed by atoms with E-state index in [0.29, 0.717) is 44.4 Å². The Morgan fingerprint density at radius 1 is 0.864 bits per heavy atom. The molecule has 3 saturated heterocycles. The lowest BCUT2D eigenvalue weighted by Crippen LogP contribution is -2.55. The van der Waals surface area contributed by atoms with Crippen LogP contribution in [-0.2, 0) is 30.4 Å². The van der Waals surface area contributed by atoms with Gasteiger partial charge in [0.1, 0.15) is 36.1 Å². The highest BCUT2D eigenvalue weighted by Gasteiger charge is 2.50. The third-order valence-corrected chi connectivity index (χ3v) is 15.3. The second-order valence-corrected chi connectivity index (χ2v) is 19.0. The topological polar surface area (TPSA) is 193 Å². The summed E-state index contributed by atoms with van der Waals surface area (Å²) in [5.74, 6) is 2.30.